The summed E-state index contributed by atoms with van der Waals surface area (Å²) in [6, 6.07) is 1.24. The molecule has 0 aliphatic heterocycles. The molecular weight excluding hydrogens is 476 g/mol. The Hall–Kier alpha value is -3.25. The maximum atomic E-state index is 13.2. The van der Waals surface area contributed by atoms with Gasteiger partial charge in [0.15, 0.2) is 9.84 Å². The number of carbonyl (C=O) groups is 1. The number of nitrogens with two attached hydrogens (primary N) is 1. The molecule has 12 heteroatoms. The molecular formula is C22H28N6O4S2. The van der Waals surface area contributed by atoms with Crippen LogP contribution in [0.1, 0.15) is 44.4 Å². The monoisotopic (exact) mass is 504 g/mol. The summed E-state index contributed by atoms with van der Waals surface area (Å²) in [6.07, 6.45) is 6.03. The molecule has 0 saturated heterocycles. The first-order valence-electron chi connectivity index (χ1n) is 10.3. The predicted molar refractivity (Wildman–Crippen MR) is 133 cm³/mol. The Bertz CT molecular complexity index is 1370. The molecule has 0 radical (unpaired) electrons. The highest BCUT2D eigenvalue weighted by atomic mass is 32.2. The fraction of sp³-hybridized carbons (Fsp3) is 0.364. The van der Waals surface area contributed by atoms with Crippen molar-refractivity contribution in [3.05, 3.63) is 46.8 Å². The van der Waals surface area contributed by atoms with Crippen LogP contribution in [-0.2, 0) is 14.6 Å². The number of fused-ring (bicyclic) bond motifs is 1. The molecule has 3 N–H and O–H groups in total. The van der Waals surface area contributed by atoms with Crippen molar-refractivity contribution in [3.63, 3.8) is 0 Å². The summed E-state index contributed by atoms with van der Waals surface area (Å²) < 4.78 is 32.1. The van der Waals surface area contributed by atoms with Crippen molar-refractivity contribution in [1.82, 2.24) is 19.7 Å². The molecule has 0 unspecified atom stereocenters. The summed E-state index contributed by atoms with van der Waals surface area (Å²) in [5.41, 5.74) is 7.45. The largest absolute Gasteiger partial charge is 0.495 e. The molecule has 0 spiro atoms. The van der Waals surface area contributed by atoms with E-state index in [4.69, 9.17) is 10.5 Å². The zero-order valence-corrected chi connectivity index (χ0v) is 21.5. The molecule has 0 aliphatic rings. The van der Waals surface area contributed by atoms with Gasteiger partial charge in [0.1, 0.15) is 27.0 Å². The highest BCUT2D eigenvalue weighted by Gasteiger charge is 2.34. The number of hydrogen-bond donors (Lipinski definition) is 2. The van der Waals surface area contributed by atoms with Crippen molar-refractivity contribution in [2.75, 3.05) is 14.2 Å². The van der Waals surface area contributed by atoms with Crippen molar-refractivity contribution in [2.24, 2.45) is 10.7 Å². The zero-order chi connectivity index (χ0) is 25.3. The lowest BCUT2D eigenvalue weighted by Gasteiger charge is -2.21. The Morgan fingerprint density at radius 3 is 2.62 bits per heavy atom. The lowest BCUT2D eigenvalue weighted by Crippen LogP contribution is -2.32. The minimum absolute atomic E-state index is 0.0152. The quantitative estimate of drug-likeness (QED) is 0.471. The van der Waals surface area contributed by atoms with Crippen LogP contribution in [0.3, 0.4) is 0 Å². The SMILES string of the molecule is CN=C(C=C(N)c1cnc2cc(OC)c(S(=O)(=O)C(C)(C)C)cn12)C(=O)N[C@H](C)c1nccs1. The minimum atomic E-state index is -3.73. The highest BCUT2D eigenvalue weighted by Crippen LogP contribution is 2.33. The summed E-state index contributed by atoms with van der Waals surface area (Å²) in [5, 5.41) is 5.44. The number of rotatable bonds is 7. The third-order valence-corrected chi connectivity index (χ3v) is 8.58. The third kappa shape index (κ3) is 4.82. The molecule has 1 atom stereocenters. The number of amides is 1. The van der Waals surface area contributed by atoms with E-state index in [0.717, 1.165) is 5.01 Å². The molecule has 3 rings (SSSR count). The Morgan fingerprint density at radius 2 is 2.06 bits per heavy atom. The molecule has 182 valence electrons. The summed E-state index contributed by atoms with van der Waals surface area (Å²) in [6.45, 7) is 6.67. The summed E-state index contributed by atoms with van der Waals surface area (Å²) >= 11 is 1.44. The molecule has 0 fully saturated rings. The standard InChI is InChI=1S/C22H28N6O4S2/c1-13(21-25-7-8-33-21)27-20(29)15(24-5)9-14(23)16-11-26-19-10-17(32-6)18(12-28(16)19)34(30,31)22(2,3)4/h7-13H,23H2,1-6H3,(H,27,29)/t13-/m1/s1. The van der Waals surface area contributed by atoms with E-state index < -0.39 is 20.5 Å². The van der Waals surface area contributed by atoms with Gasteiger partial charge in [-0.25, -0.2) is 18.4 Å². The smallest absolute Gasteiger partial charge is 0.270 e. The van der Waals surface area contributed by atoms with E-state index in [1.165, 1.54) is 50.0 Å². The molecule has 10 nitrogen and oxygen atoms in total. The molecule has 34 heavy (non-hydrogen) atoms. The van der Waals surface area contributed by atoms with Gasteiger partial charge in [0.2, 0.25) is 0 Å². The van der Waals surface area contributed by atoms with Crippen LogP contribution in [0, 0.1) is 0 Å². The lowest BCUT2D eigenvalue weighted by atomic mass is 10.2. The zero-order valence-electron chi connectivity index (χ0n) is 19.9. The van der Waals surface area contributed by atoms with Crippen molar-refractivity contribution in [3.8, 4) is 5.75 Å². The van der Waals surface area contributed by atoms with Gasteiger partial charge in [0, 0.05) is 30.9 Å². The van der Waals surface area contributed by atoms with Crippen molar-refractivity contribution < 1.29 is 17.9 Å². The summed E-state index contributed by atoms with van der Waals surface area (Å²) in [4.78, 5) is 25.3. The number of nitrogens with one attached hydrogen (secondary N) is 1. The maximum Gasteiger partial charge on any atom is 0.270 e. The number of hydrogen-bond acceptors (Lipinski definition) is 9. The van der Waals surface area contributed by atoms with Gasteiger partial charge in [-0.15, -0.1) is 11.3 Å². The second-order valence-electron chi connectivity index (χ2n) is 8.47. The van der Waals surface area contributed by atoms with Crippen LogP contribution in [0.5, 0.6) is 5.75 Å². The van der Waals surface area contributed by atoms with Gasteiger partial charge in [0.05, 0.1) is 35.5 Å². The van der Waals surface area contributed by atoms with Gasteiger partial charge in [0.25, 0.3) is 5.91 Å². The molecule has 0 saturated carbocycles. The van der Waals surface area contributed by atoms with Crippen LogP contribution in [0.15, 0.2) is 46.0 Å². The van der Waals surface area contributed by atoms with E-state index in [-0.39, 0.29) is 28.1 Å². The van der Waals surface area contributed by atoms with Gasteiger partial charge in [-0.2, -0.15) is 0 Å². The number of nitrogens with zero attached hydrogens (tertiary/aromatic N) is 4. The Labute approximate surface area is 202 Å². The molecule has 3 aromatic heterocycles. The summed E-state index contributed by atoms with van der Waals surface area (Å²) in [7, 11) is -0.844. The molecule has 1 amide bonds. The topological polar surface area (TPSA) is 141 Å². The third-order valence-electron chi connectivity index (χ3n) is 5.12. The van der Waals surface area contributed by atoms with Gasteiger partial charge in [-0.05, 0) is 33.8 Å². The van der Waals surface area contributed by atoms with E-state index in [1.54, 1.807) is 31.4 Å². The fourth-order valence-electron chi connectivity index (χ4n) is 3.13. The number of methoxy groups -OCH3 is 1. The number of aromatic nitrogens is 3. The van der Waals surface area contributed by atoms with E-state index >= 15 is 0 Å². The van der Waals surface area contributed by atoms with Gasteiger partial charge in [-0.3, -0.25) is 14.2 Å². The summed E-state index contributed by atoms with van der Waals surface area (Å²) in [5.74, 6) is -0.229. The number of carbonyl (C=O) groups excluding carboxylic acids is 1. The van der Waals surface area contributed by atoms with Crippen LogP contribution in [0.2, 0.25) is 0 Å². The first-order valence-corrected chi connectivity index (χ1v) is 12.7. The number of ether oxygens (including phenoxy) is 1. The molecule has 3 heterocycles. The molecule has 3 aromatic rings. The van der Waals surface area contributed by atoms with E-state index in [9.17, 15) is 13.2 Å². The first-order chi connectivity index (χ1) is 15.9. The van der Waals surface area contributed by atoms with E-state index in [2.05, 4.69) is 20.3 Å². The lowest BCUT2D eigenvalue weighted by molar-refractivity contribution is -0.115. The van der Waals surface area contributed by atoms with Crippen LogP contribution >= 0.6 is 11.3 Å². The van der Waals surface area contributed by atoms with Crippen LogP contribution in [0.4, 0.5) is 0 Å². The van der Waals surface area contributed by atoms with Crippen LogP contribution in [0.25, 0.3) is 11.3 Å². The number of pyridine rings is 1. The van der Waals surface area contributed by atoms with E-state index in [0.29, 0.717) is 11.3 Å². The number of aliphatic imine (C=N–C) groups is 1. The van der Waals surface area contributed by atoms with Crippen LogP contribution < -0.4 is 15.8 Å². The molecule has 0 aromatic carbocycles. The van der Waals surface area contributed by atoms with Gasteiger partial charge in [-0.1, -0.05) is 0 Å². The van der Waals surface area contributed by atoms with Crippen LogP contribution in [-0.4, -0.2) is 53.3 Å². The number of thiazole rings is 1. The number of imidazole rings is 1. The first kappa shape index (κ1) is 25.4. The molecule has 0 bridgehead atoms. The van der Waals surface area contributed by atoms with Crippen molar-refractivity contribution in [1.29, 1.82) is 0 Å². The Morgan fingerprint density at radius 1 is 1.35 bits per heavy atom. The second-order valence-corrected chi connectivity index (χ2v) is 12.1. The predicted octanol–water partition coefficient (Wildman–Crippen LogP) is 2.62. The van der Waals surface area contributed by atoms with Crippen molar-refractivity contribution >= 4 is 44.1 Å². The minimum Gasteiger partial charge on any atom is -0.495 e. The van der Waals surface area contributed by atoms with Gasteiger partial charge < -0.3 is 15.8 Å². The average Bonchev–Trinajstić information content (AvgIpc) is 3.45. The maximum absolute atomic E-state index is 13.2. The average molecular weight is 505 g/mol. The Kier molecular flexibility index (Phi) is 7.13. The fourth-order valence-corrected chi connectivity index (χ4v) is 5.08. The van der Waals surface area contributed by atoms with Crippen molar-refractivity contribution in [2.45, 2.75) is 43.4 Å². The van der Waals surface area contributed by atoms with E-state index in [1.807, 2.05) is 12.3 Å². The second kappa shape index (κ2) is 9.55. The molecule has 0 aliphatic carbocycles. The number of sulfone groups is 1. The Balaban J connectivity index is 2.01. The highest BCUT2D eigenvalue weighted by molar-refractivity contribution is 7.92. The normalized spacial score (nSPS) is 14.3. The van der Waals surface area contributed by atoms with Gasteiger partial charge >= 0.3 is 0 Å².